The van der Waals surface area contributed by atoms with Crippen LogP contribution in [0.15, 0.2) is 18.2 Å². The first-order valence-corrected chi connectivity index (χ1v) is 5.60. The molecule has 0 atom stereocenters. The molecule has 1 amide bonds. The fourth-order valence-corrected chi connectivity index (χ4v) is 1.73. The topological polar surface area (TPSA) is 81.9 Å². The first-order chi connectivity index (χ1) is 8.61. The highest BCUT2D eigenvalue weighted by atomic mass is 16.5. The third kappa shape index (κ3) is 2.37. The number of anilines is 2. The quantitative estimate of drug-likeness (QED) is 0.626. The lowest BCUT2D eigenvalue weighted by Crippen LogP contribution is -2.42. The van der Waals surface area contributed by atoms with Gasteiger partial charge in [0.05, 0.1) is 12.3 Å². The van der Waals surface area contributed by atoms with Crippen molar-refractivity contribution in [2.45, 2.75) is 6.92 Å². The number of benzene rings is 1. The number of nitrogens with two attached hydrogens (primary N) is 1. The normalized spacial score (nSPS) is 13.8. The van der Waals surface area contributed by atoms with E-state index in [1.54, 1.807) is 25.1 Å². The van der Waals surface area contributed by atoms with Gasteiger partial charge in [0.1, 0.15) is 12.3 Å². The van der Waals surface area contributed by atoms with E-state index in [0.717, 1.165) is 0 Å². The number of hydrogen-bond acceptors (Lipinski definition) is 5. The lowest BCUT2D eigenvalue weighted by molar-refractivity contribution is -0.142. The summed E-state index contributed by atoms with van der Waals surface area (Å²) in [5, 5.41) is 0. The number of carbonyl (C=O) groups excluding carboxylic acids is 2. The minimum absolute atomic E-state index is 0.101. The van der Waals surface area contributed by atoms with Gasteiger partial charge in [0, 0.05) is 11.8 Å². The third-order valence-corrected chi connectivity index (χ3v) is 2.52. The number of nitrogen functional groups attached to an aromatic ring is 1. The van der Waals surface area contributed by atoms with E-state index in [4.69, 9.17) is 15.2 Å². The van der Waals surface area contributed by atoms with E-state index in [0.29, 0.717) is 17.1 Å². The van der Waals surface area contributed by atoms with Gasteiger partial charge in [-0.2, -0.15) is 0 Å². The van der Waals surface area contributed by atoms with E-state index in [2.05, 4.69) is 0 Å². The lowest BCUT2D eigenvalue weighted by Gasteiger charge is -2.28. The maximum atomic E-state index is 11.7. The summed E-state index contributed by atoms with van der Waals surface area (Å²) in [5.41, 5.74) is 6.71. The second-order valence-corrected chi connectivity index (χ2v) is 3.80. The molecule has 0 bridgehead atoms. The van der Waals surface area contributed by atoms with Crippen molar-refractivity contribution in [2.24, 2.45) is 0 Å². The molecule has 0 aromatic heterocycles. The third-order valence-electron chi connectivity index (χ3n) is 2.52. The zero-order valence-electron chi connectivity index (χ0n) is 10.0. The highest BCUT2D eigenvalue weighted by Gasteiger charge is 2.27. The second kappa shape index (κ2) is 4.95. The molecule has 0 saturated carbocycles. The average molecular weight is 250 g/mol. The van der Waals surface area contributed by atoms with Crippen LogP contribution >= 0.6 is 0 Å². The molecule has 1 aromatic rings. The summed E-state index contributed by atoms with van der Waals surface area (Å²) in [6.07, 6.45) is 0. The van der Waals surface area contributed by atoms with Crippen LogP contribution in [-0.4, -0.2) is 31.6 Å². The highest BCUT2D eigenvalue weighted by molar-refractivity contribution is 6.01. The van der Waals surface area contributed by atoms with Gasteiger partial charge < -0.3 is 15.2 Å². The van der Waals surface area contributed by atoms with Crippen molar-refractivity contribution < 1.29 is 19.1 Å². The maximum absolute atomic E-state index is 11.7. The summed E-state index contributed by atoms with van der Waals surface area (Å²) < 4.78 is 10.1. The Morgan fingerprint density at radius 1 is 1.56 bits per heavy atom. The molecule has 6 heteroatoms. The van der Waals surface area contributed by atoms with E-state index >= 15 is 0 Å². The molecule has 96 valence electrons. The number of carbonyl (C=O) groups is 2. The summed E-state index contributed by atoms with van der Waals surface area (Å²) in [4.78, 5) is 24.5. The molecular weight excluding hydrogens is 236 g/mol. The first-order valence-electron chi connectivity index (χ1n) is 5.60. The molecule has 0 fully saturated rings. The first kappa shape index (κ1) is 12.2. The van der Waals surface area contributed by atoms with Crippen LogP contribution in [0.5, 0.6) is 5.75 Å². The van der Waals surface area contributed by atoms with E-state index in [1.165, 1.54) is 4.90 Å². The Morgan fingerprint density at radius 3 is 3.06 bits per heavy atom. The van der Waals surface area contributed by atoms with Crippen molar-refractivity contribution >= 4 is 23.3 Å². The van der Waals surface area contributed by atoms with Crippen molar-refractivity contribution in [2.75, 3.05) is 30.4 Å². The molecular formula is C12H14N2O4. The van der Waals surface area contributed by atoms with E-state index in [1.807, 2.05) is 0 Å². The van der Waals surface area contributed by atoms with E-state index in [9.17, 15) is 9.59 Å². The molecule has 0 unspecified atom stereocenters. The summed E-state index contributed by atoms with van der Waals surface area (Å²) >= 11 is 0. The molecule has 2 rings (SSSR count). The Morgan fingerprint density at radius 2 is 2.33 bits per heavy atom. The van der Waals surface area contributed by atoms with Crippen LogP contribution in [0.1, 0.15) is 6.92 Å². The smallest absolute Gasteiger partial charge is 0.326 e. The van der Waals surface area contributed by atoms with Gasteiger partial charge in [-0.1, -0.05) is 0 Å². The largest absolute Gasteiger partial charge is 0.481 e. The molecule has 6 nitrogen and oxygen atoms in total. The Bertz CT molecular complexity index is 487. The molecule has 1 aliphatic heterocycles. The van der Waals surface area contributed by atoms with Gasteiger partial charge in [0.2, 0.25) is 0 Å². The van der Waals surface area contributed by atoms with Gasteiger partial charge in [-0.15, -0.1) is 0 Å². The SMILES string of the molecule is CCOC(=O)CN1C(=O)COc2cc(N)ccc21. The maximum Gasteiger partial charge on any atom is 0.326 e. The summed E-state index contributed by atoms with van der Waals surface area (Å²) in [5.74, 6) is -0.227. The zero-order chi connectivity index (χ0) is 13.1. The molecule has 0 radical (unpaired) electrons. The van der Waals surface area contributed by atoms with Gasteiger partial charge in [-0.05, 0) is 19.1 Å². The van der Waals surface area contributed by atoms with Crippen molar-refractivity contribution in [3.05, 3.63) is 18.2 Å². The Labute approximate surface area is 104 Å². The number of hydrogen-bond donors (Lipinski definition) is 1. The summed E-state index contributed by atoms with van der Waals surface area (Å²) in [6, 6.07) is 4.93. The Hall–Kier alpha value is -2.24. The Balaban J connectivity index is 2.25. The molecule has 0 saturated heterocycles. The minimum Gasteiger partial charge on any atom is -0.481 e. The van der Waals surface area contributed by atoms with Gasteiger partial charge in [-0.25, -0.2) is 0 Å². The molecule has 1 aliphatic rings. The van der Waals surface area contributed by atoms with Crippen molar-refractivity contribution in [1.82, 2.24) is 0 Å². The van der Waals surface area contributed by atoms with Gasteiger partial charge in [-0.3, -0.25) is 14.5 Å². The van der Waals surface area contributed by atoms with E-state index < -0.39 is 5.97 Å². The number of amides is 1. The van der Waals surface area contributed by atoms with Gasteiger partial charge in [0.25, 0.3) is 5.91 Å². The molecule has 0 spiro atoms. The predicted octanol–water partition coefficient (Wildman–Crippen LogP) is 0.557. The van der Waals surface area contributed by atoms with Crippen molar-refractivity contribution in [3.8, 4) is 5.75 Å². The second-order valence-electron chi connectivity index (χ2n) is 3.80. The fraction of sp³-hybridized carbons (Fsp3) is 0.333. The van der Waals surface area contributed by atoms with Crippen LogP contribution in [0.2, 0.25) is 0 Å². The number of nitrogens with zero attached hydrogens (tertiary/aromatic N) is 1. The van der Waals surface area contributed by atoms with Crippen LogP contribution in [0.4, 0.5) is 11.4 Å². The number of fused-ring (bicyclic) bond motifs is 1. The lowest BCUT2D eigenvalue weighted by atomic mass is 10.2. The summed E-state index contributed by atoms with van der Waals surface area (Å²) in [7, 11) is 0. The van der Waals surface area contributed by atoms with Crippen LogP contribution < -0.4 is 15.4 Å². The summed E-state index contributed by atoms with van der Waals surface area (Å²) in [6.45, 7) is 1.78. The average Bonchev–Trinajstić information content (AvgIpc) is 2.33. The Kier molecular flexibility index (Phi) is 3.36. The molecule has 2 N–H and O–H groups in total. The monoisotopic (exact) mass is 250 g/mol. The predicted molar refractivity (Wildman–Crippen MR) is 65.3 cm³/mol. The number of rotatable bonds is 3. The zero-order valence-corrected chi connectivity index (χ0v) is 10.0. The molecule has 1 heterocycles. The molecule has 18 heavy (non-hydrogen) atoms. The number of ether oxygens (including phenoxy) is 2. The van der Waals surface area contributed by atoms with Crippen molar-refractivity contribution in [3.63, 3.8) is 0 Å². The highest BCUT2D eigenvalue weighted by Crippen LogP contribution is 2.33. The fourth-order valence-electron chi connectivity index (χ4n) is 1.73. The van der Waals surface area contributed by atoms with Gasteiger partial charge >= 0.3 is 5.97 Å². The van der Waals surface area contributed by atoms with Crippen LogP contribution in [-0.2, 0) is 14.3 Å². The minimum atomic E-state index is -0.449. The standard InChI is InChI=1S/C12H14N2O4/c1-2-17-12(16)6-14-9-4-3-8(13)5-10(9)18-7-11(14)15/h3-5H,2,6-7,13H2,1H3. The van der Waals surface area contributed by atoms with Gasteiger partial charge in [0.15, 0.2) is 6.61 Å². The molecule has 1 aromatic carbocycles. The number of esters is 1. The molecule has 0 aliphatic carbocycles. The van der Waals surface area contributed by atoms with Crippen LogP contribution in [0.3, 0.4) is 0 Å². The van der Waals surface area contributed by atoms with Crippen molar-refractivity contribution in [1.29, 1.82) is 0 Å². The van der Waals surface area contributed by atoms with E-state index in [-0.39, 0.29) is 25.7 Å². The van der Waals surface area contributed by atoms with Crippen LogP contribution in [0, 0.1) is 0 Å². The van der Waals surface area contributed by atoms with Crippen LogP contribution in [0.25, 0.3) is 0 Å².